The molecule has 2 amide bonds. The molecule has 0 aromatic carbocycles. The van der Waals surface area contributed by atoms with Gasteiger partial charge in [-0.05, 0) is 19.8 Å². The van der Waals surface area contributed by atoms with Gasteiger partial charge < -0.3 is 14.7 Å². The fraction of sp³-hybridized carbons (Fsp3) is 0.688. The molecule has 0 saturated heterocycles. The zero-order valence-corrected chi connectivity index (χ0v) is 13.4. The van der Waals surface area contributed by atoms with Gasteiger partial charge in [0.05, 0.1) is 0 Å². The van der Waals surface area contributed by atoms with Gasteiger partial charge in [-0.2, -0.15) is 0 Å². The van der Waals surface area contributed by atoms with E-state index >= 15 is 0 Å². The van der Waals surface area contributed by atoms with Crippen molar-refractivity contribution >= 4 is 17.6 Å². The minimum Gasteiger partial charge on any atom is -0.360 e. The Bertz CT molecular complexity index is 504. The number of aryl methyl sites for hydroxylation is 1. The van der Waals surface area contributed by atoms with E-state index in [1.165, 1.54) is 25.7 Å². The Morgan fingerprint density at radius 2 is 2.00 bits per heavy atom. The van der Waals surface area contributed by atoms with Gasteiger partial charge in [-0.15, -0.1) is 0 Å². The van der Waals surface area contributed by atoms with Gasteiger partial charge in [0.25, 0.3) is 0 Å². The summed E-state index contributed by atoms with van der Waals surface area (Å²) in [5, 5.41) is 6.42. The monoisotopic (exact) mass is 307 g/mol. The highest BCUT2D eigenvalue weighted by Crippen LogP contribution is 2.22. The number of carbonyl (C=O) groups is 2. The number of aromatic nitrogens is 1. The summed E-state index contributed by atoms with van der Waals surface area (Å²) in [6.45, 7) is 3.82. The Hall–Kier alpha value is -1.85. The Labute approximate surface area is 131 Å². The first kappa shape index (κ1) is 16.5. The van der Waals surface area contributed by atoms with E-state index in [1.54, 1.807) is 19.9 Å². The number of nitrogens with one attached hydrogen (secondary N) is 1. The topological polar surface area (TPSA) is 75.4 Å². The first-order chi connectivity index (χ1) is 10.6. The van der Waals surface area contributed by atoms with E-state index in [0.717, 1.165) is 12.8 Å². The van der Waals surface area contributed by atoms with Crippen LogP contribution in [0, 0.1) is 6.92 Å². The Morgan fingerprint density at radius 3 is 2.55 bits per heavy atom. The molecule has 1 saturated carbocycles. The fourth-order valence-electron chi connectivity index (χ4n) is 3.02. The van der Waals surface area contributed by atoms with Gasteiger partial charge in [0.15, 0.2) is 5.82 Å². The summed E-state index contributed by atoms with van der Waals surface area (Å²) >= 11 is 0. The van der Waals surface area contributed by atoms with Crippen molar-refractivity contribution in [3.8, 4) is 0 Å². The predicted molar refractivity (Wildman–Crippen MR) is 83.4 cm³/mol. The summed E-state index contributed by atoms with van der Waals surface area (Å²) < 4.78 is 4.91. The molecule has 122 valence electrons. The van der Waals surface area contributed by atoms with Crippen LogP contribution in [0.3, 0.4) is 0 Å². The standard InChI is InChI=1S/C16H25N3O3/c1-12-11-15(18-22-12)17-16(21)9-10-19(13(2)20)14-7-5-3-4-6-8-14/h11,14H,3-10H2,1-2H3,(H,17,18,21). The van der Waals surface area contributed by atoms with Gasteiger partial charge >= 0.3 is 0 Å². The van der Waals surface area contributed by atoms with Crippen LogP contribution in [0.25, 0.3) is 0 Å². The van der Waals surface area contributed by atoms with Crippen molar-refractivity contribution in [2.45, 2.75) is 64.8 Å². The third-order valence-corrected chi connectivity index (χ3v) is 4.15. The third kappa shape index (κ3) is 4.86. The fourth-order valence-corrected chi connectivity index (χ4v) is 3.02. The van der Waals surface area contributed by atoms with Crippen LogP contribution >= 0.6 is 0 Å². The SMILES string of the molecule is CC(=O)N(CCC(=O)Nc1cc(C)on1)C1CCCCCC1. The van der Waals surface area contributed by atoms with Crippen molar-refractivity contribution in [1.82, 2.24) is 10.1 Å². The van der Waals surface area contributed by atoms with E-state index in [4.69, 9.17) is 4.52 Å². The Morgan fingerprint density at radius 1 is 1.32 bits per heavy atom. The van der Waals surface area contributed by atoms with Crippen molar-refractivity contribution in [2.75, 3.05) is 11.9 Å². The summed E-state index contributed by atoms with van der Waals surface area (Å²) in [6, 6.07) is 1.95. The number of amides is 2. The van der Waals surface area contributed by atoms with Gasteiger partial charge in [-0.1, -0.05) is 30.8 Å². The van der Waals surface area contributed by atoms with Gasteiger partial charge in [0.1, 0.15) is 5.76 Å². The molecule has 0 atom stereocenters. The van der Waals surface area contributed by atoms with E-state index < -0.39 is 0 Å². The summed E-state index contributed by atoms with van der Waals surface area (Å²) in [4.78, 5) is 25.7. The van der Waals surface area contributed by atoms with Crippen LogP contribution in [0.1, 0.15) is 57.6 Å². The highest BCUT2D eigenvalue weighted by atomic mass is 16.5. The quantitative estimate of drug-likeness (QED) is 0.849. The molecule has 1 aliphatic carbocycles. The smallest absolute Gasteiger partial charge is 0.227 e. The van der Waals surface area contributed by atoms with Crippen molar-refractivity contribution in [3.63, 3.8) is 0 Å². The van der Waals surface area contributed by atoms with E-state index in [1.807, 2.05) is 4.90 Å². The lowest BCUT2D eigenvalue weighted by molar-refractivity contribution is -0.131. The molecule has 2 rings (SSSR count). The lowest BCUT2D eigenvalue weighted by Crippen LogP contribution is -2.40. The molecule has 0 spiro atoms. The number of hydrogen-bond acceptors (Lipinski definition) is 4. The van der Waals surface area contributed by atoms with Gasteiger partial charge in [-0.3, -0.25) is 9.59 Å². The molecule has 1 fully saturated rings. The molecule has 22 heavy (non-hydrogen) atoms. The Kier molecular flexibility index (Phi) is 5.98. The third-order valence-electron chi connectivity index (χ3n) is 4.15. The van der Waals surface area contributed by atoms with Crippen LogP contribution in [0.15, 0.2) is 10.6 Å². The van der Waals surface area contributed by atoms with E-state index in [2.05, 4.69) is 10.5 Å². The molecule has 1 aliphatic rings. The van der Waals surface area contributed by atoms with Crippen LogP contribution in [-0.4, -0.2) is 34.5 Å². The van der Waals surface area contributed by atoms with E-state index in [-0.39, 0.29) is 24.3 Å². The second kappa shape index (κ2) is 7.96. The second-order valence-corrected chi connectivity index (χ2v) is 5.98. The van der Waals surface area contributed by atoms with E-state index in [0.29, 0.717) is 18.1 Å². The Balaban J connectivity index is 1.85. The van der Waals surface area contributed by atoms with Crippen molar-refractivity contribution in [2.24, 2.45) is 0 Å². The maximum atomic E-state index is 12.0. The lowest BCUT2D eigenvalue weighted by atomic mass is 10.1. The minimum absolute atomic E-state index is 0.0528. The highest BCUT2D eigenvalue weighted by Gasteiger charge is 2.22. The molecule has 6 heteroatoms. The van der Waals surface area contributed by atoms with Crippen LogP contribution in [0.5, 0.6) is 0 Å². The molecule has 6 nitrogen and oxygen atoms in total. The number of rotatable bonds is 5. The summed E-state index contributed by atoms with van der Waals surface area (Å²) in [7, 11) is 0. The minimum atomic E-state index is -0.145. The van der Waals surface area contributed by atoms with Crippen molar-refractivity contribution < 1.29 is 14.1 Å². The summed E-state index contributed by atoms with van der Waals surface area (Å²) in [5.41, 5.74) is 0. The number of anilines is 1. The number of hydrogen-bond donors (Lipinski definition) is 1. The maximum absolute atomic E-state index is 12.0. The highest BCUT2D eigenvalue weighted by molar-refractivity contribution is 5.90. The molecular weight excluding hydrogens is 282 g/mol. The van der Waals surface area contributed by atoms with Crippen LogP contribution in [-0.2, 0) is 9.59 Å². The zero-order chi connectivity index (χ0) is 15.9. The average Bonchev–Trinajstić information content (AvgIpc) is 2.72. The lowest BCUT2D eigenvalue weighted by Gasteiger charge is -2.30. The molecule has 0 bridgehead atoms. The zero-order valence-electron chi connectivity index (χ0n) is 13.4. The molecule has 1 heterocycles. The summed E-state index contributed by atoms with van der Waals surface area (Å²) in [5.74, 6) is 0.982. The number of nitrogens with zero attached hydrogens (tertiary/aromatic N) is 2. The molecule has 1 aromatic heterocycles. The predicted octanol–water partition coefficient (Wildman–Crippen LogP) is 2.88. The van der Waals surface area contributed by atoms with Crippen molar-refractivity contribution in [1.29, 1.82) is 0 Å². The molecular formula is C16H25N3O3. The molecule has 0 unspecified atom stereocenters. The largest absolute Gasteiger partial charge is 0.360 e. The van der Waals surface area contributed by atoms with Gasteiger partial charge in [0, 0.05) is 32.0 Å². The van der Waals surface area contributed by atoms with Crippen LogP contribution < -0.4 is 5.32 Å². The number of carbonyl (C=O) groups excluding carboxylic acids is 2. The maximum Gasteiger partial charge on any atom is 0.227 e. The summed E-state index contributed by atoms with van der Waals surface area (Å²) in [6.07, 6.45) is 7.19. The molecule has 1 N–H and O–H groups in total. The average molecular weight is 307 g/mol. The van der Waals surface area contributed by atoms with Crippen LogP contribution in [0.4, 0.5) is 5.82 Å². The molecule has 1 aromatic rings. The van der Waals surface area contributed by atoms with E-state index in [9.17, 15) is 9.59 Å². The molecule has 0 radical (unpaired) electrons. The molecule has 0 aliphatic heterocycles. The first-order valence-corrected chi connectivity index (χ1v) is 8.06. The van der Waals surface area contributed by atoms with Gasteiger partial charge in [0.2, 0.25) is 11.8 Å². The normalized spacial score (nSPS) is 16.1. The van der Waals surface area contributed by atoms with Gasteiger partial charge in [-0.25, -0.2) is 0 Å². The first-order valence-electron chi connectivity index (χ1n) is 8.06. The van der Waals surface area contributed by atoms with Crippen molar-refractivity contribution in [3.05, 3.63) is 11.8 Å². The second-order valence-electron chi connectivity index (χ2n) is 5.98. The van der Waals surface area contributed by atoms with Crippen LogP contribution in [0.2, 0.25) is 0 Å².